The third kappa shape index (κ3) is 2.85. The van der Waals surface area contributed by atoms with E-state index in [4.69, 9.17) is 5.73 Å². The van der Waals surface area contributed by atoms with Gasteiger partial charge in [0.15, 0.2) is 0 Å². The highest BCUT2D eigenvalue weighted by atomic mass is 127. The van der Waals surface area contributed by atoms with Crippen LogP contribution in [0.1, 0.15) is 30.1 Å². The molecule has 0 spiro atoms. The fourth-order valence-corrected chi connectivity index (χ4v) is 3.15. The van der Waals surface area contributed by atoms with Crippen LogP contribution < -0.4 is 5.73 Å². The fourth-order valence-electron chi connectivity index (χ4n) is 2.53. The summed E-state index contributed by atoms with van der Waals surface area (Å²) in [5.74, 6) is 0.791. The van der Waals surface area contributed by atoms with Crippen LogP contribution in [0.5, 0.6) is 0 Å². The molecule has 1 saturated heterocycles. The molecule has 2 unspecified atom stereocenters. The second-order valence-electron chi connectivity index (χ2n) is 5.00. The Hall–Kier alpha value is -0.620. The third-order valence-electron chi connectivity index (χ3n) is 3.62. The van der Waals surface area contributed by atoms with Crippen molar-refractivity contribution in [2.75, 3.05) is 13.1 Å². The van der Waals surface area contributed by atoms with Crippen LogP contribution in [0.25, 0.3) is 0 Å². The van der Waals surface area contributed by atoms with Crippen molar-refractivity contribution in [2.24, 2.45) is 11.7 Å². The molecule has 1 heterocycles. The molecule has 0 aliphatic carbocycles. The monoisotopic (exact) mass is 358 g/mol. The molecule has 0 saturated carbocycles. The maximum atomic E-state index is 12.6. The molecule has 0 bridgehead atoms. The Bertz CT molecular complexity index is 436. The number of rotatable bonds is 2. The summed E-state index contributed by atoms with van der Waals surface area (Å²) in [6.07, 6.45) is 2.09. The SMILES string of the molecule is CC1CCN(C(=O)c2ccccc2I)C(CN)C1. The van der Waals surface area contributed by atoms with Gasteiger partial charge in [-0.3, -0.25) is 4.79 Å². The molecular weight excluding hydrogens is 339 g/mol. The average molecular weight is 358 g/mol. The van der Waals surface area contributed by atoms with Gasteiger partial charge < -0.3 is 10.6 Å². The Morgan fingerprint density at radius 2 is 2.22 bits per heavy atom. The van der Waals surface area contributed by atoms with Gasteiger partial charge in [-0.25, -0.2) is 0 Å². The molecule has 1 aromatic carbocycles. The lowest BCUT2D eigenvalue weighted by Gasteiger charge is -2.38. The number of carbonyl (C=O) groups is 1. The summed E-state index contributed by atoms with van der Waals surface area (Å²) in [7, 11) is 0. The second-order valence-corrected chi connectivity index (χ2v) is 6.16. The predicted molar refractivity (Wildman–Crippen MR) is 81.4 cm³/mol. The molecule has 1 aromatic rings. The van der Waals surface area contributed by atoms with Crippen LogP contribution in [0.2, 0.25) is 0 Å². The van der Waals surface area contributed by atoms with Crippen molar-refractivity contribution in [1.82, 2.24) is 4.90 Å². The minimum absolute atomic E-state index is 0.127. The predicted octanol–water partition coefficient (Wildman–Crippen LogP) is 2.49. The topological polar surface area (TPSA) is 46.3 Å². The van der Waals surface area contributed by atoms with E-state index in [9.17, 15) is 4.79 Å². The lowest BCUT2D eigenvalue weighted by molar-refractivity contribution is 0.0572. The minimum Gasteiger partial charge on any atom is -0.334 e. The van der Waals surface area contributed by atoms with Crippen molar-refractivity contribution in [3.63, 3.8) is 0 Å². The second kappa shape index (κ2) is 6.02. The summed E-state index contributed by atoms with van der Waals surface area (Å²) in [6, 6.07) is 7.93. The van der Waals surface area contributed by atoms with Gasteiger partial charge in [0.2, 0.25) is 0 Å². The minimum atomic E-state index is 0.127. The number of halogens is 1. The smallest absolute Gasteiger partial charge is 0.255 e. The van der Waals surface area contributed by atoms with E-state index in [-0.39, 0.29) is 11.9 Å². The maximum absolute atomic E-state index is 12.6. The first-order valence-corrected chi connectivity index (χ1v) is 7.47. The molecule has 2 atom stereocenters. The normalized spacial score (nSPS) is 24.1. The lowest BCUT2D eigenvalue weighted by atomic mass is 9.92. The zero-order valence-electron chi connectivity index (χ0n) is 10.6. The zero-order valence-corrected chi connectivity index (χ0v) is 12.8. The zero-order chi connectivity index (χ0) is 13.1. The summed E-state index contributed by atoms with van der Waals surface area (Å²) in [5, 5.41) is 0. The quantitative estimate of drug-likeness (QED) is 0.826. The molecule has 4 heteroatoms. The highest BCUT2D eigenvalue weighted by Crippen LogP contribution is 2.24. The van der Waals surface area contributed by atoms with E-state index in [1.165, 1.54) is 0 Å². The maximum Gasteiger partial charge on any atom is 0.255 e. The molecule has 3 nitrogen and oxygen atoms in total. The van der Waals surface area contributed by atoms with Gasteiger partial charge in [0, 0.05) is 22.7 Å². The van der Waals surface area contributed by atoms with Gasteiger partial charge in [0.25, 0.3) is 5.91 Å². The highest BCUT2D eigenvalue weighted by molar-refractivity contribution is 14.1. The van der Waals surface area contributed by atoms with Gasteiger partial charge in [0.1, 0.15) is 0 Å². The van der Waals surface area contributed by atoms with Crippen molar-refractivity contribution in [1.29, 1.82) is 0 Å². The fraction of sp³-hybridized carbons (Fsp3) is 0.500. The van der Waals surface area contributed by atoms with Crippen LogP contribution in [0, 0.1) is 9.49 Å². The van der Waals surface area contributed by atoms with Gasteiger partial charge in [-0.1, -0.05) is 19.1 Å². The van der Waals surface area contributed by atoms with E-state index >= 15 is 0 Å². The Morgan fingerprint density at radius 3 is 2.89 bits per heavy atom. The first kappa shape index (κ1) is 13.8. The van der Waals surface area contributed by atoms with E-state index in [0.717, 1.165) is 28.5 Å². The van der Waals surface area contributed by atoms with Gasteiger partial charge >= 0.3 is 0 Å². The Kier molecular flexibility index (Phi) is 4.61. The number of benzene rings is 1. The average Bonchev–Trinajstić information content (AvgIpc) is 2.38. The Labute approximate surface area is 122 Å². The van der Waals surface area contributed by atoms with Crippen molar-refractivity contribution in [3.8, 4) is 0 Å². The summed E-state index contributed by atoms with van der Waals surface area (Å²) in [6.45, 7) is 3.61. The number of nitrogens with zero attached hydrogens (tertiary/aromatic N) is 1. The van der Waals surface area contributed by atoms with Gasteiger partial charge in [-0.15, -0.1) is 0 Å². The van der Waals surface area contributed by atoms with E-state index in [2.05, 4.69) is 29.5 Å². The Balaban J connectivity index is 2.20. The molecule has 18 heavy (non-hydrogen) atoms. The van der Waals surface area contributed by atoms with Crippen LogP contribution in [0.4, 0.5) is 0 Å². The number of amides is 1. The lowest BCUT2D eigenvalue weighted by Crippen LogP contribution is -2.49. The molecule has 1 fully saturated rings. The number of hydrogen-bond donors (Lipinski definition) is 1. The van der Waals surface area contributed by atoms with Crippen molar-refractivity contribution in [3.05, 3.63) is 33.4 Å². The van der Waals surface area contributed by atoms with Gasteiger partial charge in [-0.05, 0) is 53.5 Å². The number of likely N-dealkylation sites (tertiary alicyclic amines) is 1. The molecule has 1 amide bonds. The third-order valence-corrected chi connectivity index (χ3v) is 4.56. The highest BCUT2D eigenvalue weighted by Gasteiger charge is 2.30. The van der Waals surface area contributed by atoms with Crippen LogP contribution in [0.15, 0.2) is 24.3 Å². The van der Waals surface area contributed by atoms with Gasteiger partial charge in [0.05, 0.1) is 5.56 Å². The van der Waals surface area contributed by atoms with Crippen LogP contribution >= 0.6 is 22.6 Å². The van der Waals surface area contributed by atoms with Crippen LogP contribution in [0.3, 0.4) is 0 Å². The summed E-state index contributed by atoms with van der Waals surface area (Å²) in [5.41, 5.74) is 6.61. The molecular formula is C14H19IN2O. The molecule has 0 aromatic heterocycles. The van der Waals surface area contributed by atoms with Crippen LogP contribution in [-0.4, -0.2) is 29.9 Å². The molecule has 2 N–H and O–H groups in total. The van der Waals surface area contributed by atoms with Crippen LogP contribution in [-0.2, 0) is 0 Å². The first-order valence-electron chi connectivity index (χ1n) is 6.39. The first-order chi connectivity index (χ1) is 8.63. The van der Waals surface area contributed by atoms with Crippen molar-refractivity contribution >= 4 is 28.5 Å². The summed E-state index contributed by atoms with van der Waals surface area (Å²) >= 11 is 2.22. The Morgan fingerprint density at radius 1 is 1.50 bits per heavy atom. The molecule has 0 radical (unpaired) electrons. The van der Waals surface area contributed by atoms with Crippen molar-refractivity contribution < 1.29 is 4.79 Å². The molecule has 1 aliphatic heterocycles. The molecule has 2 rings (SSSR count). The standard InChI is InChI=1S/C14H19IN2O/c1-10-6-7-17(11(8-10)9-16)14(18)12-4-2-3-5-13(12)15/h2-5,10-11H,6-9,16H2,1H3. The van der Waals surface area contributed by atoms with E-state index in [1.54, 1.807) is 0 Å². The van der Waals surface area contributed by atoms with E-state index in [1.807, 2.05) is 29.2 Å². The number of piperidine rings is 1. The van der Waals surface area contributed by atoms with Gasteiger partial charge in [-0.2, -0.15) is 0 Å². The largest absolute Gasteiger partial charge is 0.334 e. The molecule has 1 aliphatic rings. The summed E-state index contributed by atoms with van der Waals surface area (Å²) < 4.78 is 1.01. The van der Waals surface area contributed by atoms with E-state index in [0.29, 0.717) is 12.5 Å². The summed E-state index contributed by atoms with van der Waals surface area (Å²) in [4.78, 5) is 14.5. The van der Waals surface area contributed by atoms with Crippen molar-refractivity contribution in [2.45, 2.75) is 25.8 Å². The number of carbonyl (C=O) groups excluding carboxylic acids is 1. The number of nitrogens with two attached hydrogens (primary N) is 1. The van der Waals surface area contributed by atoms with E-state index < -0.39 is 0 Å². The number of hydrogen-bond acceptors (Lipinski definition) is 2. The molecule has 98 valence electrons.